The van der Waals surface area contributed by atoms with Gasteiger partial charge in [-0.1, -0.05) is 0 Å². The molecule has 2 aliphatic heterocycles. The second-order valence-corrected chi connectivity index (χ2v) is 4.12. The molecule has 1 N–H and O–H groups in total. The quantitative estimate of drug-likeness (QED) is 0.652. The fraction of sp³-hybridized carbons (Fsp3) is 0.889. The first kappa shape index (κ1) is 8.81. The Morgan fingerprint density at radius 2 is 2.31 bits per heavy atom. The molecule has 4 heteroatoms. The molecule has 0 aromatic heterocycles. The third-order valence-electron chi connectivity index (χ3n) is 3.33. The van der Waals surface area contributed by atoms with Crippen LogP contribution in [0, 0.1) is 5.92 Å². The minimum atomic E-state index is -0.793. The summed E-state index contributed by atoms with van der Waals surface area (Å²) < 4.78 is 0. The molecule has 74 valence electrons. The number of amides is 1. The summed E-state index contributed by atoms with van der Waals surface area (Å²) in [5, 5.41) is 8.87. The molecule has 2 heterocycles. The maximum Gasteiger partial charge on any atom is 0.407 e. The molecule has 3 unspecified atom stereocenters. The molecule has 0 saturated carbocycles. The van der Waals surface area contributed by atoms with Gasteiger partial charge in [-0.15, -0.1) is 0 Å². The van der Waals surface area contributed by atoms with Crippen molar-refractivity contribution < 1.29 is 9.90 Å². The van der Waals surface area contributed by atoms with Crippen LogP contribution in [-0.4, -0.2) is 53.7 Å². The Labute approximate surface area is 78.1 Å². The van der Waals surface area contributed by atoms with Crippen molar-refractivity contribution in [3.63, 3.8) is 0 Å². The maximum atomic E-state index is 10.8. The van der Waals surface area contributed by atoms with Crippen LogP contribution in [0.25, 0.3) is 0 Å². The summed E-state index contributed by atoms with van der Waals surface area (Å²) >= 11 is 0. The number of carbonyl (C=O) groups is 1. The molecule has 2 fully saturated rings. The molecule has 1 amide bonds. The minimum Gasteiger partial charge on any atom is -0.465 e. The van der Waals surface area contributed by atoms with Crippen LogP contribution in [0.5, 0.6) is 0 Å². The SMILES string of the molecule is CN(C(=O)O)C1CN2CCCC1C2. The van der Waals surface area contributed by atoms with Gasteiger partial charge in [0.05, 0.1) is 6.04 Å². The van der Waals surface area contributed by atoms with Crippen molar-refractivity contribution >= 4 is 6.09 Å². The van der Waals surface area contributed by atoms with Gasteiger partial charge in [0, 0.05) is 20.1 Å². The van der Waals surface area contributed by atoms with E-state index in [1.54, 1.807) is 7.05 Å². The molecule has 0 radical (unpaired) electrons. The van der Waals surface area contributed by atoms with Gasteiger partial charge in [0.25, 0.3) is 0 Å². The lowest BCUT2D eigenvalue weighted by Crippen LogP contribution is -2.40. The number of hydrogen-bond donors (Lipinski definition) is 1. The van der Waals surface area contributed by atoms with Crippen LogP contribution in [0.15, 0.2) is 0 Å². The molecule has 2 aliphatic rings. The molecule has 2 rings (SSSR count). The van der Waals surface area contributed by atoms with E-state index in [-0.39, 0.29) is 6.04 Å². The van der Waals surface area contributed by atoms with E-state index in [1.165, 1.54) is 17.7 Å². The van der Waals surface area contributed by atoms with E-state index in [2.05, 4.69) is 4.90 Å². The Kier molecular flexibility index (Phi) is 2.15. The van der Waals surface area contributed by atoms with Crippen molar-refractivity contribution in [3.05, 3.63) is 0 Å². The molecule has 4 nitrogen and oxygen atoms in total. The highest BCUT2D eigenvalue weighted by molar-refractivity contribution is 5.65. The highest BCUT2D eigenvalue weighted by atomic mass is 16.4. The van der Waals surface area contributed by atoms with Crippen LogP contribution < -0.4 is 0 Å². The normalized spacial score (nSPS) is 37.5. The van der Waals surface area contributed by atoms with E-state index < -0.39 is 6.09 Å². The summed E-state index contributed by atoms with van der Waals surface area (Å²) in [7, 11) is 1.69. The lowest BCUT2D eigenvalue weighted by Gasteiger charge is -2.26. The Morgan fingerprint density at radius 3 is 2.92 bits per heavy atom. The predicted molar refractivity (Wildman–Crippen MR) is 48.7 cm³/mol. The van der Waals surface area contributed by atoms with Crippen LogP contribution in [0.3, 0.4) is 0 Å². The van der Waals surface area contributed by atoms with Crippen molar-refractivity contribution in [2.24, 2.45) is 5.92 Å². The highest BCUT2D eigenvalue weighted by Crippen LogP contribution is 2.29. The minimum absolute atomic E-state index is 0.236. The van der Waals surface area contributed by atoms with Gasteiger partial charge in [0.2, 0.25) is 0 Å². The van der Waals surface area contributed by atoms with Crippen LogP contribution in [-0.2, 0) is 0 Å². The molecule has 2 saturated heterocycles. The molecule has 0 spiro atoms. The third-order valence-corrected chi connectivity index (χ3v) is 3.33. The number of piperidine rings is 1. The first-order chi connectivity index (χ1) is 6.18. The Morgan fingerprint density at radius 1 is 1.54 bits per heavy atom. The fourth-order valence-corrected chi connectivity index (χ4v) is 2.57. The second kappa shape index (κ2) is 3.18. The van der Waals surface area contributed by atoms with Gasteiger partial charge in [-0.05, 0) is 25.3 Å². The fourth-order valence-electron chi connectivity index (χ4n) is 2.57. The Bertz CT molecular complexity index is 220. The predicted octanol–water partition coefficient (Wildman–Crippen LogP) is 0.690. The van der Waals surface area contributed by atoms with Gasteiger partial charge < -0.3 is 14.9 Å². The van der Waals surface area contributed by atoms with Crippen molar-refractivity contribution in [1.82, 2.24) is 9.80 Å². The standard InChI is InChI=1S/C9H16N2O2/c1-10(9(12)13)8-6-11-4-2-3-7(8)5-11/h7-8H,2-6H2,1H3,(H,12,13). The molecule has 3 atom stereocenters. The molecule has 0 aliphatic carbocycles. The number of fused-ring (bicyclic) bond motifs is 2. The molecular formula is C9H16N2O2. The number of likely N-dealkylation sites (N-methyl/N-ethyl adjacent to an activating group) is 1. The molecule has 2 bridgehead atoms. The molecule has 13 heavy (non-hydrogen) atoms. The van der Waals surface area contributed by atoms with Crippen LogP contribution in [0.4, 0.5) is 4.79 Å². The zero-order valence-corrected chi connectivity index (χ0v) is 7.94. The van der Waals surface area contributed by atoms with E-state index in [9.17, 15) is 4.79 Å². The lowest BCUT2D eigenvalue weighted by molar-refractivity contribution is 0.130. The summed E-state index contributed by atoms with van der Waals surface area (Å²) in [6.07, 6.45) is 1.63. The second-order valence-electron chi connectivity index (χ2n) is 4.12. The van der Waals surface area contributed by atoms with Gasteiger partial charge >= 0.3 is 6.09 Å². The van der Waals surface area contributed by atoms with Crippen molar-refractivity contribution in [1.29, 1.82) is 0 Å². The summed E-state index contributed by atoms with van der Waals surface area (Å²) in [6.45, 7) is 3.19. The van der Waals surface area contributed by atoms with Crippen LogP contribution in [0.1, 0.15) is 12.8 Å². The smallest absolute Gasteiger partial charge is 0.407 e. The molecule has 0 aromatic rings. The van der Waals surface area contributed by atoms with Gasteiger partial charge in [-0.3, -0.25) is 0 Å². The van der Waals surface area contributed by atoms with E-state index in [4.69, 9.17) is 5.11 Å². The van der Waals surface area contributed by atoms with Gasteiger partial charge in [0.1, 0.15) is 0 Å². The average molecular weight is 184 g/mol. The third kappa shape index (κ3) is 1.50. The number of carboxylic acid groups (broad SMARTS) is 1. The number of rotatable bonds is 1. The van der Waals surface area contributed by atoms with Crippen molar-refractivity contribution in [2.75, 3.05) is 26.7 Å². The summed E-state index contributed by atoms with van der Waals surface area (Å²) in [4.78, 5) is 14.6. The summed E-state index contributed by atoms with van der Waals surface area (Å²) in [6, 6.07) is 0.236. The van der Waals surface area contributed by atoms with Gasteiger partial charge in [0.15, 0.2) is 0 Å². The molecular weight excluding hydrogens is 168 g/mol. The van der Waals surface area contributed by atoms with E-state index in [0.717, 1.165) is 19.6 Å². The van der Waals surface area contributed by atoms with Gasteiger partial charge in [-0.2, -0.15) is 0 Å². The van der Waals surface area contributed by atoms with E-state index in [1.807, 2.05) is 0 Å². The van der Waals surface area contributed by atoms with E-state index in [0.29, 0.717) is 5.92 Å². The molecule has 0 aromatic carbocycles. The Balaban J connectivity index is 2.04. The summed E-state index contributed by atoms with van der Waals surface area (Å²) in [5.41, 5.74) is 0. The first-order valence-electron chi connectivity index (χ1n) is 4.86. The monoisotopic (exact) mass is 184 g/mol. The zero-order chi connectivity index (χ0) is 9.42. The van der Waals surface area contributed by atoms with Gasteiger partial charge in [-0.25, -0.2) is 4.79 Å². The van der Waals surface area contributed by atoms with E-state index >= 15 is 0 Å². The zero-order valence-electron chi connectivity index (χ0n) is 7.94. The number of nitrogens with zero attached hydrogens (tertiary/aromatic N) is 2. The van der Waals surface area contributed by atoms with Crippen LogP contribution >= 0.6 is 0 Å². The first-order valence-corrected chi connectivity index (χ1v) is 4.86. The maximum absolute atomic E-state index is 10.8. The van der Waals surface area contributed by atoms with Crippen LogP contribution in [0.2, 0.25) is 0 Å². The van der Waals surface area contributed by atoms with Crippen molar-refractivity contribution in [3.8, 4) is 0 Å². The largest absolute Gasteiger partial charge is 0.465 e. The highest BCUT2D eigenvalue weighted by Gasteiger charge is 2.38. The lowest BCUT2D eigenvalue weighted by atomic mass is 9.96. The topological polar surface area (TPSA) is 43.8 Å². The summed E-state index contributed by atoms with van der Waals surface area (Å²) in [5.74, 6) is 0.579. The average Bonchev–Trinajstić information content (AvgIpc) is 2.40. The van der Waals surface area contributed by atoms with Crippen molar-refractivity contribution in [2.45, 2.75) is 18.9 Å². The Hall–Kier alpha value is -0.770. The number of hydrogen-bond acceptors (Lipinski definition) is 2.